The Morgan fingerprint density at radius 2 is 2.02 bits per heavy atom. The number of benzene rings is 1. The number of amides is 1. The molecular weight excluding hydrogens is 534 g/mol. The zero-order valence-electron chi connectivity index (χ0n) is 22.8. The van der Waals surface area contributed by atoms with Gasteiger partial charge in [-0.15, -0.1) is 0 Å². The maximum Gasteiger partial charge on any atom is 0.302 e. The van der Waals surface area contributed by atoms with Crippen LogP contribution >= 0.6 is 0 Å². The monoisotopic (exact) mass is 562 g/mol. The van der Waals surface area contributed by atoms with Crippen molar-refractivity contribution in [1.82, 2.24) is 24.2 Å². The molecule has 10 nitrogen and oxygen atoms in total. The van der Waals surface area contributed by atoms with Gasteiger partial charge in [0.1, 0.15) is 29.7 Å². The summed E-state index contributed by atoms with van der Waals surface area (Å²) in [5.41, 5.74) is -0.329. The average molecular weight is 563 g/mol. The number of aromatic hydroxyl groups is 1. The highest BCUT2D eigenvalue weighted by Crippen LogP contribution is 2.42. The molecule has 0 radical (unpaired) electrons. The van der Waals surface area contributed by atoms with Gasteiger partial charge in [0, 0.05) is 36.6 Å². The number of fused-ring (bicyclic) bond motifs is 5. The lowest BCUT2D eigenvalue weighted by molar-refractivity contribution is -0.127. The number of ether oxygens (including phenoxy) is 1. The highest BCUT2D eigenvalue weighted by Gasteiger charge is 2.38. The first-order valence-electron chi connectivity index (χ1n) is 13.2. The number of anilines is 1. The molecule has 3 aromatic heterocycles. The highest BCUT2D eigenvalue weighted by atomic mass is 19.1. The van der Waals surface area contributed by atoms with Gasteiger partial charge in [-0.05, 0) is 45.0 Å². The Labute approximate surface area is 233 Å². The van der Waals surface area contributed by atoms with Crippen molar-refractivity contribution in [1.29, 1.82) is 0 Å². The van der Waals surface area contributed by atoms with Crippen LogP contribution in [0.5, 0.6) is 11.5 Å². The standard InChI is InChI=1S/C29H28F2N6O4/c1-5-22(39)34-9-10-35-17(13-34)14-41-26-25(35)18-11-20(31)24(23-19(30)7-6-8-21(23)38)33-27(18)36(29(26)40)28-16(4)12-32-37(28)15(2)3/h5-8,11-12,15,17,38H,1,9-10,13-14H2,2-4H3/t17-/m1/s1. The van der Waals surface area contributed by atoms with E-state index >= 15 is 4.39 Å². The largest absolute Gasteiger partial charge is 0.507 e. The summed E-state index contributed by atoms with van der Waals surface area (Å²) in [5.74, 6) is -2.02. The molecule has 12 heteroatoms. The number of halogens is 2. The molecule has 0 unspecified atom stereocenters. The zero-order chi connectivity index (χ0) is 29.2. The lowest BCUT2D eigenvalue weighted by Gasteiger charge is -2.45. The van der Waals surface area contributed by atoms with Crippen molar-refractivity contribution in [3.05, 3.63) is 70.7 Å². The molecule has 0 spiro atoms. The summed E-state index contributed by atoms with van der Waals surface area (Å²) in [5, 5.41) is 15.1. The molecule has 6 rings (SSSR count). The van der Waals surface area contributed by atoms with Gasteiger partial charge in [0.15, 0.2) is 11.5 Å². The van der Waals surface area contributed by atoms with E-state index in [0.29, 0.717) is 36.7 Å². The van der Waals surface area contributed by atoms with E-state index in [0.717, 1.165) is 6.07 Å². The molecule has 1 amide bonds. The third-order valence-electron chi connectivity index (χ3n) is 7.59. The van der Waals surface area contributed by atoms with Crippen LogP contribution < -0.4 is 15.2 Å². The van der Waals surface area contributed by atoms with Crippen molar-refractivity contribution in [2.45, 2.75) is 32.9 Å². The molecule has 2 aliphatic heterocycles. The van der Waals surface area contributed by atoms with Crippen LogP contribution in [0, 0.1) is 18.6 Å². The molecule has 0 bridgehead atoms. The van der Waals surface area contributed by atoms with Crippen LogP contribution in [0.4, 0.5) is 14.5 Å². The first-order chi connectivity index (χ1) is 19.6. The van der Waals surface area contributed by atoms with Crippen molar-refractivity contribution in [2.24, 2.45) is 0 Å². The molecule has 1 saturated heterocycles. The Kier molecular flexibility index (Phi) is 6.28. The second-order valence-electron chi connectivity index (χ2n) is 10.5. The number of nitrogens with zero attached hydrogens (tertiary/aromatic N) is 6. The van der Waals surface area contributed by atoms with Crippen LogP contribution in [0.2, 0.25) is 0 Å². The predicted molar refractivity (Wildman–Crippen MR) is 149 cm³/mol. The van der Waals surface area contributed by atoms with Gasteiger partial charge in [0.2, 0.25) is 11.7 Å². The number of rotatable bonds is 4. The van der Waals surface area contributed by atoms with E-state index in [9.17, 15) is 19.1 Å². The summed E-state index contributed by atoms with van der Waals surface area (Å²) in [6, 6.07) is 4.38. The highest BCUT2D eigenvalue weighted by molar-refractivity contribution is 5.96. The summed E-state index contributed by atoms with van der Waals surface area (Å²) in [7, 11) is 0. The first-order valence-corrected chi connectivity index (χ1v) is 13.2. The van der Waals surface area contributed by atoms with Gasteiger partial charge in [-0.2, -0.15) is 5.10 Å². The Bertz CT molecular complexity index is 1780. The van der Waals surface area contributed by atoms with Crippen LogP contribution in [0.25, 0.3) is 28.1 Å². The van der Waals surface area contributed by atoms with Crippen molar-refractivity contribution in [2.75, 3.05) is 31.1 Å². The van der Waals surface area contributed by atoms with E-state index in [1.807, 2.05) is 18.7 Å². The van der Waals surface area contributed by atoms with Gasteiger partial charge in [0.05, 0.1) is 23.5 Å². The fourth-order valence-electron chi connectivity index (χ4n) is 5.68. The Morgan fingerprint density at radius 1 is 1.24 bits per heavy atom. The van der Waals surface area contributed by atoms with E-state index < -0.39 is 34.2 Å². The Balaban J connectivity index is 1.68. The average Bonchev–Trinajstić information content (AvgIpc) is 3.33. The number of carbonyl (C=O) groups is 1. The SMILES string of the molecule is C=CC(=O)N1CCN2c3c(c(=O)n(-c4c(C)cnn4C(C)C)c4nc(-c5c(O)cccc5F)c(F)cc34)OC[C@H]2C1. The minimum atomic E-state index is -0.887. The molecule has 212 valence electrons. The summed E-state index contributed by atoms with van der Waals surface area (Å²) < 4.78 is 39.8. The van der Waals surface area contributed by atoms with Gasteiger partial charge in [0.25, 0.3) is 0 Å². The van der Waals surface area contributed by atoms with E-state index in [1.165, 1.54) is 28.8 Å². The molecule has 1 aromatic carbocycles. The van der Waals surface area contributed by atoms with Crippen molar-refractivity contribution >= 4 is 22.6 Å². The normalized spacial score (nSPS) is 16.5. The van der Waals surface area contributed by atoms with E-state index in [-0.39, 0.29) is 41.4 Å². The van der Waals surface area contributed by atoms with Crippen LogP contribution in [0.15, 0.2) is 47.9 Å². The van der Waals surface area contributed by atoms with Crippen molar-refractivity contribution in [3.63, 3.8) is 0 Å². The number of aryl methyl sites for hydroxylation is 1. The van der Waals surface area contributed by atoms with Gasteiger partial charge in [-0.25, -0.2) is 23.0 Å². The van der Waals surface area contributed by atoms with E-state index in [2.05, 4.69) is 16.7 Å². The third-order valence-corrected chi connectivity index (χ3v) is 7.59. The van der Waals surface area contributed by atoms with Crippen LogP contribution in [-0.2, 0) is 4.79 Å². The number of aromatic nitrogens is 4. The molecule has 0 saturated carbocycles. The maximum absolute atomic E-state index is 15.9. The second kappa shape index (κ2) is 9.72. The lowest BCUT2D eigenvalue weighted by atomic mass is 10.0. The number of hydrogen-bond donors (Lipinski definition) is 1. The number of carbonyl (C=O) groups excluding carboxylic acids is 1. The van der Waals surface area contributed by atoms with Gasteiger partial charge >= 0.3 is 5.56 Å². The first kappa shape index (κ1) is 26.5. The second-order valence-corrected chi connectivity index (χ2v) is 10.5. The number of phenolic OH excluding ortho intramolecular Hbond substituents is 1. The molecule has 1 atom stereocenters. The number of pyridine rings is 2. The summed E-state index contributed by atoms with van der Waals surface area (Å²) in [6.07, 6.45) is 2.87. The molecule has 2 aliphatic rings. The summed E-state index contributed by atoms with van der Waals surface area (Å²) in [6.45, 7) is 10.3. The van der Waals surface area contributed by atoms with Crippen LogP contribution in [-0.4, -0.2) is 67.5 Å². The zero-order valence-corrected chi connectivity index (χ0v) is 22.8. The van der Waals surface area contributed by atoms with E-state index in [1.54, 1.807) is 22.7 Å². The summed E-state index contributed by atoms with van der Waals surface area (Å²) >= 11 is 0. The Morgan fingerprint density at radius 3 is 2.73 bits per heavy atom. The van der Waals surface area contributed by atoms with Gasteiger partial charge in [-0.1, -0.05) is 12.6 Å². The van der Waals surface area contributed by atoms with Gasteiger partial charge < -0.3 is 19.6 Å². The summed E-state index contributed by atoms with van der Waals surface area (Å²) in [4.78, 5) is 34.6. The lowest BCUT2D eigenvalue weighted by Crippen LogP contribution is -2.58. The molecular formula is C29H28F2N6O4. The fraction of sp³-hybridized carbons (Fsp3) is 0.310. The number of phenols is 1. The maximum atomic E-state index is 15.9. The van der Waals surface area contributed by atoms with Gasteiger partial charge in [-0.3, -0.25) is 9.59 Å². The fourth-order valence-corrected chi connectivity index (χ4v) is 5.68. The third kappa shape index (κ3) is 4.04. The molecule has 41 heavy (non-hydrogen) atoms. The van der Waals surface area contributed by atoms with Crippen molar-refractivity contribution in [3.8, 4) is 28.6 Å². The molecule has 1 N–H and O–H groups in total. The molecule has 4 aromatic rings. The van der Waals surface area contributed by atoms with E-state index in [4.69, 9.17) is 4.74 Å². The topological polar surface area (TPSA) is 106 Å². The quantitative estimate of drug-likeness (QED) is 0.378. The number of hydrogen-bond acceptors (Lipinski definition) is 7. The van der Waals surface area contributed by atoms with Crippen LogP contribution in [0.1, 0.15) is 25.5 Å². The minimum absolute atomic E-state index is 0.0239. The van der Waals surface area contributed by atoms with Crippen LogP contribution in [0.3, 0.4) is 0 Å². The predicted octanol–water partition coefficient (Wildman–Crippen LogP) is 3.72. The Hall–Kier alpha value is -4.74. The number of piperazine rings is 1. The molecule has 0 aliphatic carbocycles. The van der Waals surface area contributed by atoms with Crippen molar-refractivity contribution < 1.29 is 23.4 Å². The minimum Gasteiger partial charge on any atom is -0.507 e. The molecule has 1 fully saturated rings. The molecule has 5 heterocycles. The smallest absolute Gasteiger partial charge is 0.302 e.